The van der Waals surface area contributed by atoms with Crippen molar-refractivity contribution in [1.29, 1.82) is 0 Å². The quantitative estimate of drug-likeness (QED) is 0.720. The highest BCUT2D eigenvalue weighted by Gasteiger charge is 2.20. The van der Waals surface area contributed by atoms with E-state index in [0.29, 0.717) is 11.2 Å². The fourth-order valence-electron chi connectivity index (χ4n) is 1.62. The summed E-state index contributed by atoms with van der Waals surface area (Å²) in [5.74, 6) is 0.177. The predicted octanol–water partition coefficient (Wildman–Crippen LogP) is 1.19. The van der Waals surface area contributed by atoms with Crippen LogP contribution in [0.4, 0.5) is 0 Å². The minimum atomic E-state index is -0.708. The van der Waals surface area contributed by atoms with Crippen LogP contribution < -0.4 is 5.32 Å². The van der Waals surface area contributed by atoms with Gasteiger partial charge in [0, 0.05) is 5.25 Å². The zero-order valence-electron chi connectivity index (χ0n) is 7.95. The van der Waals surface area contributed by atoms with Crippen molar-refractivity contribution in [3.8, 4) is 0 Å². The average molecular weight is 203 g/mol. The maximum Gasteiger partial charge on any atom is 0.313 e. The first kappa shape index (κ1) is 10.9. The van der Waals surface area contributed by atoms with E-state index >= 15 is 0 Å². The van der Waals surface area contributed by atoms with E-state index in [-0.39, 0.29) is 5.75 Å². The smallest absolute Gasteiger partial charge is 0.313 e. The molecule has 0 amide bonds. The molecule has 3 nitrogen and oxygen atoms in total. The lowest BCUT2D eigenvalue weighted by atomic mass is 9.97. The highest BCUT2D eigenvalue weighted by atomic mass is 32.2. The van der Waals surface area contributed by atoms with Gasteiger partial charge in [0.15, 0.2) is 0 Å². The molecule has 0 radical (unpaired) electrons. The highest BCUT2D eigenvalue weighted by molar-refractivity contribution is 8.00. The van der Waals surface area contributed by atoms with E-state index in [1.165, 1.54) is 12.8 Å². The molecule has 0 spiro atoms. The Hall–Kier alpha value is -0.220. The molecule has 13 heavy (non-hydrogen) atoms. The first-order valence-corrected chi connectivity index (χ1v) is 5.79. The lowest BCUT2D eigenvalue weighted by Crippen LogP contribution is -2.34. The third kappa shape index (κ3) is 4.00. The summed E-state index contributed by atoms with van der Waals surface area (Å²) in [6, 6.07) is 0. The van der Waals surface area contributed by atoms with Crippen molar-refractivity contribution in [2.24, 2.45) is 5.92 Å². The minimum absolute atomic E-state index is 0.234. The standard InChI is InChI=1S/C9H17NO2S/c1-7(13-6-9(11)12)8-3-2-4-10-5-8/h7-8,10H,2-6H2,1H3,(H,11,12). The van der Waals surface area contributed by atoms with E-state index in [0.717, 1.165) is 13.1 Å². The number of thioether (sulfide) groups is 1. The largest absolute Gasteiger partial charge is 0.481 e. The zero-order chi connectivity index (χ0) is 9.68. The van der Waals surface area contributed by atoms with E-state index in [1.54, 1.807) is 11.8 Å². The maximum absolute atomic E-state index is 10.4. The Kier molecular flexibility index (Phi) is 4.59. The number of carboxylic acids is 1. The Bertz CT molecular complexity index is 169. The summed E-state index contributed by atoms with van der Waals surface area (Å²) in [6.07, 6.45) is 2.46. The molecule has 76 valence electrons. The van der Waals surface area contributed by atoms with E-state index in [1.807, 2.05) is 0 Å². The van der Waals surface area contributed by atoms with E-state index in [2.05, 4.69) is 12.2 Å². The van der Waals surface area contributed by atoms with Crippen LogP contribution in [0.25, 0.3) is 0 Å². The Morgan fingerprint density at radius 2 is 2.54 bits per heavy atom. The van der Waals surface area contributed by atoms with E-state index in [4.69, 9.17) is 5.11 Å². The molecular weight excluding hydrogens is 186 g/mol. The van der Waals surface area contributed by atoms with Crippen LogP contribution >= 0.6 is 11.8 Å². The Morgan fingerprint density at radius 1 is 1.77 bits per heavy atom. The Morgan fingerprint density at radius 3 is 3.08 bits per heavy atom. The highest BCUT2D eigenvalue weighted by Crippen LogP contribution is 2.24. The summed E-state index contributed by atoms with van der Waals surface area (Å²) in [6.45, 7) is 4.30. The van der Waals surface area contributed by atoms with Crippen LogP contribution in [0.1, 0.15) is 19.8 Å². The van der Waals surface area contributed by atoms with Gasteiger partial charge in [0.25, 0.3) is 0 Å². The topological polar surface area (TPSA) is 49.3 Å². The van der Waals surface area contributed by atoms with Gasteiger partial charge in [0.2, 0.25) is 0 Å². The van der Waals surface area contributed by atoms with Gasteiger partial charge in [-0.05, 0) is 31.8 Å². The van der Waals surface area contributed by atoms with Gasteiger partial charge in [0.05, 0.1) is 5.75 Å². The normalized spacial score (nSPS) is 25.5. The first-order valence-electron chi connectivity index (χ1n) is 4.74. The van der Waals surface area contributed by atoms with E-state index < -0.39 is 5.97 Å². The molecule has 1 aliphatic heterocycles. The molecule has 0 aromatic heterocycles. The first-order chi connectivity index (χ1) is 6.20. The third-order valence-electron chi connectivity index (χ3n) is 2.47. The number of carbonyl (C=O) groups is 1. The number of nitrogens with one attached hydrogen (secondary N) is 1. The van der Waals surface area contributed by atoms with Crippen molar-refractivity contribution >= 4 is 17.7 Å². The van der Waals surface area contributed by atoms with Crippen molar-refractivity contribution in [2.45, 2.75) is 25.0 Å². The monoisotopic (exact) mass is 203 g/mol. The van der Waals surface area contributed by atoms with Crippen molar-refractivity contribution in [1.82, 2.24) is 5.32 Å². The van der Waals surface area contributed by atoms with Crippen LogP contribution in [0.15, 0.2) is 0 Å². The van der Waals surface area contributed by atoms with Gasteiger partial charge >= 0.3 is 5.97 Å². The van der Waals surface area contributed by atoms with Crippen molar-refractivity contribution in [3.63, 3.8) is 0 Å². The third-order valence-corrected chi connectivity index (χ3v) is 3.79. The van der Waals surface area contributed by atoms with E-state index in [9.17, 15) is 4.79 Å². The molecular formula is C9H17NO2S. The van der Waals surface area contributed by atoms with Crippen molar-refractivity contribution in [3.05, 3.63) is 0 Å². The summed E-state index contributed by atoms with van der Waals surface area (Å²) >= 11 is 1.55. The number of hydrogen-bond acceptors (Lipinski definition) is 3. The molecule has 0 bridgehead atoms. The molecule has 1 saturated heterocycles. The van der Waals surface area contributed by atoms with Gasteiger partial charge in [-0.15, -0.1) is 11.8 Å². The van der Waals surface area contributed by atoms with Crippen LogP contribution in [0.5, 0.6) is 0 Å². The molecule has 2 atom stereocenters. The fraction of sp³-hybridized carbons (Fsp3) is 0.889. The second-order valence-corrected chi connectivity index (χ2v) is 4.88. The molecule has 0 aliphatic carbocycles. The fourth-order valence-corrected chi connectivity index (χ4v) is 2.53. The summed E-state index contributed by atoms with van der Waals surface area (Å²) in [4.78, 5) is 10.4. The number of aliphatic carboxylic acids is 1. The van der Waals surface area contributed by atoms with Gasteiger partial charge in [0.1, 0.15) is 0 Å². The van der Waals surface area contributed by atoms with Gasteiger partial charge in [-0.25, -0.2) is 0 Å². The molecule has 1 rings (SSSR count). The zero-order valence-corrected chi connectivity index (χ0v) is 8.77. The van der Waals surface area contributed by atoms with Gasteiger partial charge in [-0.3, -0.25) is 4.79 Å². The predicted molar refractivity (Wildman–Crippen MR) is 55.1 cm³/mol. The van der Waals surface area contributed by atoms with Crippen LogP contribution in [0.3, 0.4) is 0 Å². The summed E-state index contributed by atoms with van der Waals surface area (Å²) in [7, 11) is 0. The number of piperidine rings is 1. The number of rotatable bonds is 4. The van der Waals surface area contributed by atoms with Crippen LogP contribution in [-0.2, 0) is 4.79 Å². The summed E-state index contributed by atoms with van der Waals surface area (Å²) in [5.41, 5.74) is 0. The van der Waals surface area contributed by atoms with Crippen molar-refractivity contribution in [2.75, 3.05) is 18.8 Å². The van der Waals surface area contributed by atoms with Crippen LogP contribution in [0.2, 0.25) is 0 Å². The molecule has 4 heteroatoms. The van der Waals surface area contributed by atoms with Gasteiger partial charge in [-0.2, -0.15) is 0 Å². The van der Waals surface area contributed by atoms with Crippen molar-refractivity contribution < 1.29 is 9.90 Å². The second kappa shape index (κ2) is 5.50. The molecule has 2 unspecified atom stereocenters. The molecule has 0 aromatic carbocycles. The van der Waals surface area contributed by atoms with Gasteiger partial charge < -0.3 is 10.4 Å². The second-order valence-electron chi connectivity index (χ2n) is 3.52. The molecule has 1 fully saturated rings. The van der Waals surface area contributed by atoms with Gasteiger partial charge in [-0.1, -0.05) is 6.92 Å². The van der Waals surface area contributed by atoms with Crippen LogP contribution in [-0.4, -0.2) is 35.2 Å². The van der Waals surface area contributed by atoms with Crippen LogP contribution in [0, 0.1) is 5.92 Å². The number of carboxylic acid groups (broad SMARTS) is 1. The molecule has 2 N–H and O–H groups in total. The number of hydrogen-bond donors (Lipinski definition) is 2. The Balaban J connectivity index is 2.20. The lowest BCUT2D eigenvalue weighted by molar-refractivity contribution is -0.133. The minimum Gasteiger partial charge on any atom is -0.481 e. The lowest BCUT2D eigenvalue weighted by Gasteiger charge is -2.27. The molecule has 1 heterocycles. The average Bonchev–Trinajstić information content (AvgIpc) is 2.15. The molecule has 1 aliphatic rings. The molecule has 0 saturated carbocycles. The molecule has 0 aromatic rings. The summed E-state index contributed by atoms with van der Waals surface area (Å²) < 4.78 is 0. The summed E-state index contributed by atoms with van der Waals surface area (Å²) in [5, 5.41) is 12.3. The Labute approximate surface area is 83.3 Å². The SMILES string of the molecule is CC(SCC(=O)O)C1CCCNC1. The maximum atomic E-state index is 10.4.